The number of aliphatic hydroxyl groups excluding tert-OH is 1. The molecule has 2 aromatic rings. The topological polar surface area (TPSA) is 37.5 Å². The molecule has 4 heteroatoms. The Morgan fingerprint density at radius 3 is 2.79 bits per heavy atom. The van der Waals surface area contributed by atoms with Crippen LogP contribution in [0, 0.1) is 11.3 Å². The second-order valence-corrected chi connectivity index (χ2v) is 8.07. The van der Waals surface area contributed by atoms with Gasteiger partial charge in [0.15, 0.2) is 0 Å². The van der Waals surface area contributed by atoms with Crippen molar-refractivity contribution in [1.82, 2.24) is 9.38 Å². The summed E-state index contributed by atoms with van der Waals surface area (Å²) in [6, 6.07) is 0. The predicted octanol–water partition coefficient (Wildman–Crippen LogP) is 3.74. The van der Waals surface area contributed by atoms with Gasteiger partial charge in [0.05, 0.1) is 18.0 Å². The molecule has 0 aliphatic heterocycles. The van der Waals surface area contributed by atoms with E-state index in [4.69, 9.17) is 0 Å². The van der Waals surface area contributed by atoms with Crippen molar-refractivity contribution in [2.24, 2.45) is 11.3 Å². The molecule has 0 saturated heterocycles. The summed E-state index contributed by atoms with van der Waals surface area (Å²) >= 11 is 1.82. The predicted molar refractivity (Wildman–Crippen MR) is 76.5 cm³/mol. The number of thiazole rings is 1. The lowest BCUT2D eigenvalue weighted by Crippen LogP contribution is -2.36. The number of hydrogen-bond acceptors (Lipinski definition) is 3. The van der Waals surface area contributed by atoms with Gasteiger partial charge in [-0.15, -0.1) is 11.3 Å². The maximum absolute atomic E-state index is 10.8. The summed E-state index contributed by atoms with van der Waals surface area (Å²) in [4.78, 5) is 6.81. The zero-order valence-electron chi connectivity index (χ0n) is 11.5. The average Bonchev–Trinajstić information content (AvgIpc) is 2.95. The van der Waals surface area contributed by atoms with E-state index in [9.17, 15) is 5.11 Å². The van der Waals surface area contributed by atoms with Gasteiger partial charge in [-0.05, 0) is 42.9 Å². The molecule has 19 heavy (non-hydrogen) atoms. The molecule has 1 atom stereocenters. The molecular formula is C15H20N2OS. The molecule has 2 aromatic heterocycles. The van der Waals surface area contributed by atoms with Crippen LogP contribution < -0.4 is 0 Å². The summed E-state index contributed by atoms with van der Waals surface area (Å²) in [7, 11) is 0. The molecule has 0 amide bonds. The van der Waals surface area contributed by atoms with Crippen molar-refractivity contribution in [1.29, 1.82) is 0 Å². The van der Waals surface area contributed by atoms with Crippen LogP contribution in [0.1, 0.15) is 62.1 Å². The van der Waals surface area contributed by atoms with Crippen molar-refractivity contribution >= 4 is 16.2 Å². The monoisotopic (exact) mass is 276 g/mol. The van der Waals surface area contributed by atoms with E-state index in [2.05, 4.69) is 23.2 Å². The Kier molecular flexibility index (Phi) is 2.40. The van der Waals surface area contributed by atoms with E-state index in [1.165, 1.54) is 22.5 Å². The molecule has 2 aliphatic rings. The highest BCUT2D eigenvalue weighted by atomic mass is 32.1. The van der Waals surface area contributed by atoms with Crippen molar-refractivity contribution in [3.05, 3.63) is 23.1 Å². The van der Waals surface area contributed by atoms with Crippen LogP contribution in [0.5, 0.6) is 0 Å². The lowest BCUT2D eigenvalue weighted by atomic mass is 9.62. The molecule has 0 spiro atoms. The van der Waals surface area contributed by atoms with Gasteiger partial charge in [-0.2, -0.15) is 0 Å². The van der Waals surface area contributed by atoms with Crippen LogP contribution in [-0.4, -0.2) is 14.5 Å². The zero-order valence-corrected chi connectivity index (χ0v) is 12.3. The first kappa shape index (κ1) is 11.9. The molecule has 2 fully saturated rings. The van der Waals surface area contributed by atoms with Crippen LogP contribution in [0.15, 0.2) is 12.5 Å². The molecule has 0 bridgehead atoms. The SMILES string of the molecule is CC1(C)CC([C@H](O)c2c(C3CC3)sc3cncn23)C1. The number of nitrogens with zero attached hydrogens (tertiary/aromatic N) is 2. The Bertz CT molecular complexity index is 615. The maximum atomic E-state index is 10.8. The minimum Gasteiger partial charge on any atom is -0.387 e. The molecule has 0 radical (unpaired) electrons. The van der Waals surface area contributed by atoms with Crippen LogP contribution in [0.4, 0.5) is 0 Å². The van der Waals surface area contributed by atoms with E-state index in [0.717, 1.165) is 18.5 Å². The van der Waals surface area contributed by atoms with Crippen LogP contribution in [0.3, 0.4) is 0 Å². The summed E-state index contributed by atoms with van der Waals surface area (Å²) in [6.07, 6.45) is 8.29. The molecule has 4 rings (SSSR count). The molecule has 2 heterocycles. The van der Waals surface area contributed by atoms with Gasteiger partial charge >= 0.3 is 0 Å². The molecule has 0 aromatic carbocycles. The summed E-state index contributed by atoms with van der Waals surface area (Å²) in [5.41, 5.74) is 1.55. The fourth-order valence-corrected chi connectivity index (χ4v) is 4.86. The number of rotatable bonds is 3. The van der Waals surface area contributed by atoms with Crippen molar-refractivity contribution in [3.63, 3.8) is 0 Å². The molecular weight excluding hydrogens is 256 g/mol. The Hall–Kier alpha value is -0.870. The number of fused-ring (bicyclic) bond motifs is 1. The fraction of sp³-hybridized carbons (Fsp3) is 0.667. The first-order valence-corrected chi connectivity index (χ1v) is 7.99. The number of imidazole rings is 1. The Morgan fingerprint density at radius 2 is 2.16 bits per heavy atom. The van der Waals surface area contributed by atoms with Gasteiger partial charge in [-0.25, -0.2) is 4.98 Å². The first-order valence-electron chi connectivity index (χ1n) is 7.18. The smallest absolute Gasteiger partial charge is 0.120 e. The van der Waals surface area contributed by atoms with Crippen molar-refractivity contribution in [2.45, 2.75) is 51.6 Å². The van der Waals surface area contributed by atoms with Gasteiger partial charge in [0.1, 0.15) is 11.2 Å². The van der Waals surface area contributed by atoms with Gasteiger partial charge in [0.2, 0.25) is 0 Å². The highest BCUT2D eigenvalue weighted by Crippen LogP contribution is 2.53. The summed E-state index contributed by atoms with van der Waals surface area (Å²) in [6.45, 7) is 4.58. The van der Waals surface area contributed by atoms with E-state index in [1.807, 2.05) is 23.9 Å². The average molecular weight is 276 g/mol. The Morgan fingerprint density at radius 1 is 1.42 bits per heavy atom. The standard InChI is InChI=1S/C15H20N2OS/c1-15(2)5-10(6-15)13(18)12-14(9-3-4-9)19-11-7-16-8-17(11)12/h7-10,13,18H,3-6H2,1-2H3/t13-/m0/s1. The quantitative estimate of drug-likeness (QED) is 0.927. The van der Waals surface area contributed by atoms with Gasteiger partial charge in [0.25, 0.3) is 0 Å². The zero-order chi connectivity index (χ0) is 13.2. The number of aromatic nitrogens is 2. The van der Waals surface area contributed by atoms with E-state index in [-0.39, 0.29) is 6.10 Å². The molecule has 2 aliphatic carbocycles. The highest BCUT2D eigenvalue weighted by molar-refractivity contribution is 7.17. The number of hydrogen-bond donors (Lipinski definition) is 1. The third-order valence-electron chi connectivity index (χ3n) is 4.64. The highest BCUT2D eigenvalue weighted by Gasteiger charge is 2.43. The van der Waals surface area contributed by atoms with Crippen molar-refractivity contribution < 1.29 is 5.11 Å². The summed E-state index contributed by atoms with van der Waals surface area (Å²) in [5.74, 6) is 1.12. The van der Waals surface area contributed by atoms with E-state index < -0.39 is 0 Å². The summed E-state index contributed by atoms with van der Waals surface area (Å²) in [5, 5.41) is 10.8. The van der Waals surface area contributed by atoms with Crippen LogP contribution >= 0.6 is 11.3 Å². The Labute approximate surface area is 117 Å². The molecule has 1 N–H and O–H groups in total. The van der Waals surface area contributed by atoms with Crippen LogP contribution in [0.25, 0.3) is 4.83 Å². The third kappa shape index (κ3) is 1.84. The van der Waals surface area contributed by atoms with Crippen molar-refractivity contribution in [2.75, 3.05) is 0 Å². The largest absolute Gasteiger partial charge is 0.387 e. The first-order chi connectivity index (χ1) is 9.05. The third-order valence-corrected chi connectivity index (χ3v) is 5.91. The second-order valence-electron chi connectivity index (χ2n) is 7.01. The maximum Gasteiger partial charge on any atom is 0.120 e. The second kappa shape index (κ2) is 3.83. The molecule has 3 nitrogen and oxygen atoms in total. The van der Waals surface area contributed by atoms with Crippen molar-refractivity contribution in [3.8, 4) is 0 Å². The lowest BCUT2D eigenvalue weighted by molar-refractivity contribution is -0.0174. The normalized spacial score (nSPS) is 24.6. The molecule has 0 unspecified atom stereocenters. The Balaban J connectivity index is 1.72. The van der Waals surface area contributed by atoms with E-state index in [0.29, 0.717) is 17.3 Å². The van der Waals surface area contributed by atoms with Crippen LogP contribution in [-0.2, 0) is 0 Å². The fourth-order valence-electron chi connectivity index (χ4n) is 3.56. The van der Waals surface area contributed by atoms with E-state index >= 15 is 0 Å². The number of aliphatic hydroxyl groups is 1. The van der Waals surface area contributed by atoms with E-state index in [1.54, 1.807) is 0 Å². The lowest BCUT2D eigenvalue weighted by Gasteiger charge is -2.45. The minimum atomic E-state index is -0.313. The van der Waals surface area contributed by atoms with Gasteiger partial charge in [-0.3, -0.25) is 4.40 Å². The molecule has 2 saturated carbocycles. The van der Waals surface area contributed by atoms with Gasteiger partial charge < -0.3 is 5.11 Å². The van der Waals surface area contributed by atoms with Gasteiger partial charge in [0, 0.05) is 4.88 Å². The minimum absolute atomic E-state index is 0.313. The summed E-state index contributed by atoms with van der Waals surface area (Å²) < 4.78 is 2.12. The van der Waals surface area contributed by atoms with Crippen LogP contribution in [0.2, 0.25) is 0 Å². The molecule has 102 valence electrons. The van der Waals surface area contributed by atoms with Gasteiger partial charge in [-0.1, -0.05) is 13.8 Å².